The maximum Gasteiger partial charge on any atom is 0.110 e. The van der Waals surface area contributed by atoms with Gasteiger partial charge in [-0.05, 0) is 44.2 Å². The first kappa shape index (κ1) is 22.7. The minimum Gasteiger partial charge on any atom is -0.394 e. The van der Waals surface area contributed by atoms with E-state index in [1.54, 1.807) is 0 Å². The van der Waals surface area contributed by atoms with E-state index in [1.165, 1.54) is 5.57 Å². The van der Waals surface area contributed by atoms with Gasteiger partial charge in [0.1, 0.15) is 6.10 Å². The van der Waals surface area contributed by atoms with E-state index in [-0.39, 0.29) is 18.8 Å². The molecule has 0 saturated heterocycles. The lowest BCUT2D eigenvalue weighted by Gasteiger charge is -2.38. The van der Waals surface area contributed by atoms with E-state index >= 15 is 0 Å². The second kappa shape index (κ2) is 11.4. The SMILES string of the molecule is C/C1=C/CC[C@@](C)(OCc2ccccc2)[C@@H](COCc2ccccc2)O[C@@H](CO)C1. The normalized spacial score (nSPS) is 26.8. The van der Waals surface area contributed by atoms with Crippen LogP contribution in [0.5, 0.6) is 0 Å². The molecule has 2 aromatic carbocycles. The molecule has 0 aliphatic carbocycles. The van der Waals surface area contributed by atoms with Crippen LogP contribution in [0.25, 0.3) is 0 Å². The molecular weight excluding hydrogens is 376 g/mol. The van der Waals surface area contributed by atoms with Crippen LogP contribution < -0.4 is 0 Å². The summed E-state index contributed by atoms with van der Waals surface area (Å²) < 4.78 is 18.9. The Hall–Kier alpha value is -1.98. The predicted molar refractivity (Wildman–Crippen MR) is 119 cm³/mol. The van der Waals surface area contributed by atoms with Crippen LogP contribution in [0.4, 0.5) is 0 Å². The highest BCUT2D eigenvalue weighted by Gasteiger charge is 2.38. The molecule has 4 heteroatoms. The summed E-state index contributed by atoms with van der Waals surface area (Å²) in [6.45, 7) is 5.64. The number of allylic oxidation sites excluding steroid dienone is 1. The van der Waals surface area contributed by atoms with Crippen molar-refractivity contribution >= 4 is 0 Å². The number of aliphatic hydroxyl groups excluding tert-OH is 1. The van der Waals surface area contributed by atoms with Crippen LogP contribution >= 0.6 is 0 Å². The van der Waals surface area contributed by atoms with Gasteiger partial charge in [0, 0.05) is 0 Å². The van der Waals surface area contributed by atoms with Crippen LogP contribution in [0, 0.1) is 0 Å². The van der Waals surface area contributed by atoms with Crippen LogP contribution in [0.1, 0.15) is 44.2 Å². The number of rotatable bonds is 8. The molecule has 0 spiro atoms. The van der Waals surface area contributed by atoms with Crippen molar-refractivity contribution < 1.29 is 19.3 Å². The second-order valence-corrected chi connectivity index (χ2v) is 8.31. The van der Waals surface area contributed by atoms with Gasteiger partial charge in [-0.2, -0.15) is 0 Å². The zero-order valence-electron chi connectivity index (χ0n) is 18.1. The molecule has 1 aliphatic heterocycles. The molecule has 0 radical (unpaired) electrons. The molecule has 0 unspecified atom stereocenters. The molecule has 3 atom stereocenters. The van der Waals surface area contributed by atoms with Crippen molar-refractivity contribution in [3.05, 3.63) is 83.4 Å². The molecule has 0 amide bonds. The third-order valence-corrected chi connectivity index (χ3v) is 5.72. The average molecular weight is 411 g/mol. The molecule has 0 aromatic heterocycles. The zero-order valence-corrected chi connectivity index (χ0v) is 18.1. The molecule has 4 nitrogen and oxygen atoms in total. The van der Waals surface area contributed by atoms with E-state index in [2.05, 4.69) is 44.2 Å². The molecule has 0 bridgehead atoms. The van der Waals surface area contributed by atoms with Crippen LogP contribution in [0.3, 0.4) is 0 Å². The summed E-state index contributed by atoms with van der Waals surface area (Å²) in [6.07, 6.45) is 4.16. The summed E-state index contributed by atoms with van der Waals surface area (Å²) in [5, 5.41) is 9.88. The molecule has 1 N–H and O–H groups in total. The summed E-state index contributed by atoms with van der Waals surface area (Å²) in [6, 6.07) is 20.3. The number of ether oxygens (including phenoxy) is 3. The first-order valence-electron chi connectivity index (χ1n) is 10.8. The van der Waals surface area contributed by atoms with E-state index in [0.29, 0.717) is 19.8 Å². The number of hydrogen-bond acceptors (Lipinski definition) is 4. The third-order valence-electron chi connectivity index (χ3n) is 5.72. The van der Waals surface area contributed by atoms with Crippen molar-refractivity contribution in [2.45, 2.75) is 64.1 Å². The Morgan fingerprint density at radius 2 is 1.63 bits per heavy atom. The Morgan fingerprint density at radius 1 is 1.00 bits per heavy atom. The van der Waals surface area contributed by atoms with Crippen LogP contribution in [0.2, 0.25) is 0 Å². The third kappa shape index (κ3) is 6.78. The van der Waals surface area contributed by atoms with Crippen LogP contribution in [-0.4, -0.2) is 36.1 Å². The largest absolute Gasteiger partial charge is 0.394 e. The molecule has 30 heavy (non-hydrogen) atoms. The zero-order chi connectivity index (χ0) is 21.2. The van der Waals surface area contributed by atoms with E-state index in [1.807, 2.05) is 36.4 Å². The van der Waals surface area contributed by atoms with E-state index < -0.39 is 5.60 Å². The summed E-state index contributed by atoms with van der Waals surface area (Å²) >= 11 is 0. The Morgan fingerprint density at radius 3 is 2.27 bits per heavy atom. The molecule has 1 heterocycles. The van der Waals surface area contributed by atoms with Gasteiger partial charge in [-0.25, -0.2) is 0 Å². The lowest BCUT2D eigenvalue weighted by atomic mass is 9.92. The smallest absolute Gasteiger partial charge is 0.110 e. The Bertz CT molecular complexity index is 774. The maximum atomic E-state index is 9.88. The highest BCUT2D eigenvalue weighted by atomic mass is 16.6. The molecule has 3 rings (SSSR count). The Balaban J connectivity index is 1.73. The van der Waals surface area contributed by atoms with Crippen molar-refractivity contribution in [3.63, 3.8) is 0 Å². The monoisotopic (exact) mass is 410 g/mol. The maximum absolute atomic E-state index is 9.88. The van der Waals surface area contributed by atoms with Gasteiger partial charge >= 0.3 is 0 Å². The van der Waals surface area contributed by atoms with Crippen molar-refractivity contribution in [2.24, 2.45) is 0 Å². The van der Waals surface area contributed by atoms with Gasteiger partial charge in [-0.15, -0.1) is 0 Å². The first-order chi connectivity index (χ1) is 14.6. The predicted octanol–water partition coefficient (Wildman–Crippen LogP) is 5.06. The van der Waals surface area contributed by atoms with Gasteiger partial charge in [0.2, 0.25) is 0 Å². The van der Waals surface area contributed by atoms with E-state index in [4.69, 9.17) is 14.2 Å². The first-order valence-corrected chi connectivity index (χ1v) is 10.8. The van der Waals surface area contributed by atoms with Gasteiger partial charge in [0.05, 0.1) is 38.1 Å². The Kier molecular flexibility index (Phi) is 8.64. The molecule has 0 saturated carbocycles. The van der Waals surface area contributed by atoms with E-state index in [9.17, 15) is 5.11 Å². The molecule has 0 fully saturated rings. The number of hydrogen-bond donors (Lipinski definition) is 1. The fraction of sp³-hybridized carbons (Fsp3) is 0.462. The van der Waals surface area contributed by atoms with E-state index in [0.717, 1.165) is 30.4 Å². The summed E-state index contributed by atoms with van der Waals surface area (Å²) in [5.41, 5.74) is 2.98. The van der Waals surface area contributed by atoms with Gasteiger partial charge in [0.15, 0.2) is 0 Å². The van der Waals surface area contributed by atoms with Crippen molar-refractivity contribution in [1.82, 2.24) is 0 Å². The second-order valence-electron chi connectivity index (χ2n) is 8.31. The van der Waals surface area contributed by atoms with Crippen LogP contribution in [0.15, 0.2) is 72.3 Å². The summed E-state index contributed by atoms with van der Waals surface area (Å²) in [7, 11) is 0. The highest BCUT2D eigenvalue weighted by Crippen LogP contribution is 2.31. The number of aliphatic hydroxyl groups is 1. The lowest BCUT2D eigenvalue weighted by Crippen LogP contribution is -2.48. The minimum atomic E-state index is -0.527. The fourth-order valence-electron chi connectivity index (χ4n) is 3.80. The summed E-state index contributed by atoms with van der Waals surface area (Å²) in [4.78, 5) is 0. The molecular formula is C26H34O4. The fourth-order valence-corrected chi connectivity index (χ4v) is 3.80. The van der Waals surface area contributed by atoms with Crippen molar-refractivity contribution in [1.29, 1.82) is 0 Å². The molecule has 162 valence electrons. The minimum absolute atomic E-state index is 0.0187. The topological polar surface area (TPSA) is 47.9 Å². The van der Waals surface area contributed by atoms with Gasteiger partial charge in [-0.3, -0.25) is 0 Å². The van der Waals surface area contributed by atoms with Crippen molar-refractivity contribution in [2.75, 3.05) is 13.2 Å². The number of benzene rings is 2. The van der Waals surface area contributed by atoms with Gasteiger partial charge in [0.25, 0.3) is 0 Å². The molecule has 1 aliphatic rings. The quantitative estimate of drug-likeness (QED) is 0.618. The van der Waals surface area contributed by atoms with Crippen LogP contribution in [-0.2, 0) is 27.4 Å². The standard InChI is InChI=1S/C26H34O4/c1-21-10-9-15-26(2,29-19-23-13-7-4-8-14-23)25(30-24(16-21)17-27)20-28-18-22-11-5-3-6-12-22/h3-8,10-14,24-25,27H,9,15-20H2,1-2H3/b21-10-/t24-,25-,26-/m1/s1. The van der Waals surface area contributed by atoms with Crippen molar-refractivity contribution in [3.8, 4) is 0 Å². The van der Waals surface area contributed by atoms with Gasteiger partial charge < -0.3 is 19.3 Å². The summed E-state index contributed by atoms with van der Waals surface area (Å²) in [5.74, 6) is 0. The Labute approximate surface area is 180 Å². The highest BCUT2D eigenvalue weighted by molar-refractivity contribution is 5.14. The molecule has 2 aromatic rings. The average Bonchev–Trinajstić information content (AvgIpc) is 2.83. The van der Waals surface area contributed by atoms with Gasteiger partial charge in [-0.1, -0.05) is 72.3 Å². The lowest BCUT2D eigenvalue weighted by molar-refractivity contribution is -0.188.